The SMILES string of the molecule is CN=C(NCC1CCN(CCOC)CC1)N1CCN(Cc2cccc(C)c2)CC1. The molecule has 0 atom stereocenters. The number of piperazine rings is 1. The van der Waals surface area contributed by atoms with Crippen LogP contribution in [-0.2, 0) is 11.3 Å². The fourth-order valence-electron chi connectivity index (χ4n) is 4.39. The minimum Gasteiger partial charge on any atom is -0.383 e. The van der Waals surface area contributed by atoms with Gasteiger partial charge in [0.05, 0.1) is 6.61 Å². The maximum absolute atomic E-state index is 5.20. The van der Waals surface area contributed by atoms with Crippen LogP contribution in [0.25, 0.3) is 0 Å². The van der Waals surface area contributed by atoms with Crippen molar-refractivity contribution in [3.63, 3.8) is 0 Å². The normalized spacial score (nSPS) is 20.2. The number of nitrogens with zero attached hydrogens (tertiary/aromatic N) is 4. The highest BCUT2D eigenvalue weighted by molar-refractivity contribution is 5.80. The molecule has 1 aromatic rings. The van der Waals surface area contributed by atoms with E-state index < -0.39 is 0 Å². The first kappa shape index (κ1) is 22.1. The van der Waals surface area contributed by atoms with Crippen LogP contribution in [0.2, 0.25) is 0 Å². The van der Waals surface area contributed by atoms with Gasteiger partial charge >= 0.3 is 0 Å². The molecule has 0 bridgehead atoms. The summed E-state index contributed by atoms with van der Waals surface area (Å²) >= 11 is 0. The Hall–Kier alpha value is -1.63. The Morgan fingerprint density at radius 2 is 1.86 bits per heavy atom. The minimum absolute atomic E-state index is 0.744. The number of hydrogen-bond donors (Lipinski definition) is 1. The molecular weight excluding hydrogens is 362 g/mol. The molecule has 2 saturated heterocycles. The van der Waals surface area contributed by atoms with Crippen molar-refractivity contribution in [2.75, 3.05) is 73.1 Å². The molecule has 6 nitrogen and oxygen atoms in total. The van der Waals surface area contributed by atoms with E-state index in [0.29, 0.717) is 0 Å². The zero-order valence-electron chi connectivity index (χ0n) is 18.6. The Morgan fingerprint density at radius 1 is 1.10 bits per heavy atom. The summed E-state index contributed by atoms with van der Waals surface area (Å²) in [7, 11) is 3.69. The van der Waals surface area contributed by atoms with Crippen LogP contribution in [-0.4, -0.2) is 93.8 Å². The highest BCUT2D eigenvalue weighted by Gasteiger charge is 2.22. The van der Waals surface area contributed by atoms with Crippen molar-refractivity contribution < 1.29 is 4.74 Å². The molecule has 2 heterocycles. The van der Waals surface area contributed by atoms with E-state index in [4.69, 9.17) is 4.74 Å². The molecule has 1 N–H and O–H groups in total. The predicted octanol–water partition coefficient (Wildman–Crippen LogP) is 2.05. The van der Waals surface area contributed by atoms with Gasteiger partial charge in [0.15, 0.2) is 5.96 Å². The molecule has 2 aliphatic rings. The largest absolute Gasteiger partial charge is 0.383 e. The van der Waals surface area contributed by atoms with Crippen molar-refractivity contribution in [1.29, 1.82) is 0 Å². The van der Waals surface area contributed by atoms with Crippen LogP contribution in [0.1, 0.15) is 24.0 Å². The minimum atomic E-state index is 0.744. The van der Waals surface area contributed by atoms with Crippen LogP contribution < -0.4 is 5.32 Å². The number of methoxy groups -OCH3 is 1. The van der Waals surface area contributed by atoms with Gasteiger partial charge in [0, 0.05) is 60.0 Å². The predicted molar refractivity (Wildman–Crippen MR) is 120 cm³/mol. The van der Waals surface area contributed by atoms with Gasteiger partial charge in [0.25, 0.3) is 0 Å². The monoisotopic (exact) mass is 401 g/mol. The second-order valence-corrected chi connectivity index (χ2v) is 8.46. The number of aliphatic imine (C=N–C) groups is 1. The summed E-state index contributed by atoms with van der Waals surface area (Å²) in [5.41, 5.74) is 2.76. The van der Waals surface area contributed by atoms with Gasteiger partial charge in [-0.15, -0.1) is 0 Å². The van der Waals surface area contributed by atoms with Gasteiger partial charge in [-0.2, -0.15) is 0 Å². The third kappa shape index (κ3) is 6.98. The number of nitrogens with one attached hydrogen (secondary N) is 1. The fraction of sp³-hybridized carbons (Fsp3) is 0.696. The quantitative estimate of drug-likeness (QED) is 0.560. The van der Waals surface area contributed by atoms with Crippen molar-refractivity contribution in [2.45, 2.75) is 26.3 Å². The average molecular weight is 402 g/mol. The van der Waals surface area contributed by atoms with Gasteiger partial charge in [-0.05, 0) is 44.3 Å². The van der Waals surface area contributed by atoms with E-state index in [0.717, 1.165) is 64.3 Å². The van der Waals surface area contributed by atoms with Gasteiger partial charge in [-0.25, -0.2) is 0 Å². The standard InChI is InChI=1S/C23H39N5O/c1-20-5-4-6-22(17-20)19-27-11-13-28(14-12-27)23(24-2)25-18-21-7-9-26(10-8-21)15-16-29-3/h4-6,17,21H,7-16,18-19H2,1-3H3,(H,24,25). The first-order valence-electron chi connectivity index (χ1n) is 11.1. The van der Waals surface area contributed by atoms with Crippen molar-refractivity contribution in [3.05, 3.63) is 35.4 Å². The summed E-state index contributed by atoms with van der Waals surface area (Å²) in [4.78, 5) is 12.0. The topological polar surface area (TPSA) is 43.3 Å². The van der Waals surface area contributed by atoms with Crippen molar-refractivity contribution in [3.8, 4) is 0 Å². The van der Waals surface area contributed by atoms with Gasteiger partial charge in [-0.3, -0.25) is 9.89 Å². The molecule has 3 rings (SSSR count). The van der Waals surface area contributed by atoms with Crippen LogP contribution >= 0.6 is 0 Å². The lowest BCUT2D eigenvalue weighted by Gasteiger charge is -2.37. The van der Waals surface area contributed by atoms with Crippen LogP contribution in [0.4, 0.5) is 0 Å². The van der Waals surface area contributed by atoms with E-state index >= 15 is 0 Å². The Kier molecular flexibility index (Phi) is 8.77. The van der Waals surface area contributed by atoms with Crippen LogP contribution in [0.3, 0.4) is 0 Å². The zero-order chi connectivity index (χ0) is 20.5. The number of rotatable bonds is 7. The molecule has 0 aromatic heterocycles. The maximum atomic E-state index is 5.20. The lowest BCUT2D eigenvalue weighted by atomic mass is 9.97. The smallest absolute Gasteiger partial charge is 0.193 e. The molecule has 0 saturated carbocycles. The molecule has 2 fully saturated rings. The number of benzene rings is 1. The van der Waals surface area contributed by atoms with Crippen molar-refractivity contribution in [2.24, 2.45) is 10.9 Å². The maximum Gasteiger partial charge on any atom is 0.193 e. The molecule has 2 aliphatic heterocycles. The Labute approximate surface area is 176 Å². The zero-order valence-corrected chi connectivity index (χ0v) is 18.6. The number of aryl methyl sites for hydroxylation is 1. The van der Waals surface area contributed by atoms with Crippen molar-refractivity contribution in [1.82, 2.24) is 20.0 Å². The lowest BCUT2D eigenvalue weighted by Crippen LogP contribution is -2.53. The van der Waals surface area contributed by atoms with E-state index in [1.54, 1.807) is 7.11 Å². The van der Waals surface area contributed by atoms with Crippen LogP contribution in [0, 0.1) is 12.8 Å². The number of likely N-dealkylation sites (tertiary alicyclic amines) is 1. The molecule has 1 aromatic carbocycles. The molecule has 0 unspecified atom stereocenters. The van der Waals surface area contributed by atoms with E-state index in [-0.39, 0.29) is 0 Å². The summed E-state index contributed by atoms with van der Waals surface area (Å²) in [5.74, 6) is 1.81. The second-order valence-electron chi connectivity index (χ2n) is 8.46. The highest BCUT2D eigenvalue weighted by atomic mass is 16.5. The summed E-state index contributed by atoms with van der Waals surface area (Å²) in [6.45, 7) is 12.8. The first-order chi connectivity index (χ1) is 14.2. The number of ether oxygens (including phenoxy) is 1. The summed E-state index contributed by atoms with van der Waals surface area (Å²) in [5, 5.41) is 3.65. The Balaban J connectivity index is 1.37. The molecule has 6 heteroatoms. The van der Waals surface area contributed by atoms with Gasteiger partial charge in [-0.1, -0.05) is 29.8 Å². The number of guanidine groups is 1. The van der Waals surface area contributed by atoms with Gasteiger partial charge in [0.2, 0.25) is 0 Å². The molecule has 162 valence electrons. The van der Waals surface area contributed by atoms with Gasteiger partial charge in [0.1, 0.15) is 0 Å². The highest BCUT2D eigenvalue weighted by Crippen LogP contribution is 2.16. The van der Waals surface area contributed by atoms with Crippen molar-refractivity contribution >= 4 is 5.96 Å². The van der Waals surface area contributed by atoms with E-state index in [1.165, 1.54) is 37.1 Å². The number of piperidine rings is 1. The summed E-state index contributed by atoms with van der Waals surface area (Å²) in [6, 6.07) is 8.86. The van der Waals surface area contributed by atoms with Crippen LogP contribution in [0.5, 0.6) is 0 Å². The van der Waals surface area contributed by atoms with E-state index in [1.807, 2.05) is 7.05 Å². The van der Waals surface area contributed by atoms with Crippen LogP contribution in [0.15, 0.2) is 29.3 Å². The molecule has 0 amide bonds. The first-order valence-corrected chi connectivity index (χ1v) is 11.1. The lowest BCUT2D eigenvalue weighted by molar-refractivity contribution is 0.120. The summed E-state index contributed by atoms with van der Waals surface area (Å²) < 4.78 is 5.20. The Bertz CT molecular complexity index is 634. The van der Waals surface area contributed by atoms with Gasteiger partial charge < -0.3 is 19.9 Å². The average Bonchev–Trinajstić information content (AvgIpc) is 2.74. The third-order valence-corrected chi connectivity index (χ3v) is 6.24. The third-order valence-electron chi connectivity index (χ3n) is 6.24. The Morgan fingerprint density at radius 3 is 2.52 bits per heavy atom. The van der Waals surface area contributed by atoms with E-state index in [2.05, 4.69) is 56.2 Å². The molecule has 0 aliphatic carbocycles. The van der Waals surface area contributed by atoms with E-state index in [9.17, 15) is 0 Å². The number of hydrogen-bond acceptors (Lipinski definition) is 4. The molecule has 29 heavy (non-hydrogen) atoms. The second kappa shape index (κ2) is 11.5. The summed E-state index contributed by atoms with van der Waals surface area (Å²) in [6.07, 6.45) is 2.52. The molecule has 0 spiro atoms. The molecular formula is C23H39N5O. The fourth-order valence-corrected chi connectivity index (χ4v) is 4.39. The molecule has 0 radical (unpaired) electrons.